The summed E-state index contributed by atoms with van der Waals surface area (Å²) in [6.45, 7) is 2.09. The van der Waals surface area contributed by atoms with E-state index >= 15 is 0 Å². The molecule has 2 aromatic carbocycles. The van der Waals surface area contributed by atoms with Crippen LogP contribution in [0.15, 0.2) is 68.2 Å². The zero-order chi connectivity index (χ0) is 19.2. The summed E-state index contributed by atoms with van der Waals surface area (Å²) < 4.78 is 34.9. The molecule has 0 aromatic heterocycles. The van der Waals surface area contributed by atoms with E-state index in [1.165, 1.54) is 36.4 Å². The molecule has 0 amide bonds. The molecule has 0 saturated heterocycles. The molecule has 2 rings (SSSR count). The number of rotatable bonds is 8. The van der Waals surface area contributed by atoms with Gasteiger partial charge >= 0.3 is 0 Å². The summed E-state index contributed by atoms with van der Waals surface area (Å²) in [6, 6.07) is 13.4. The smallest absolute Gasteiger partial charge is 0.288 e. The van der Waals surface area contributed by atoms with Crippen LogP contribution < -0.4 is 0 Å². The summed E-state index contributed by atoms with van der Waals surface area (Å²) in [5, 5.41) is 10.8. The average Bonchev–Trinajstić information content (AvgIpc) is 2.65. The Bertz CT molecular complexity index is 887. The number of hydrogen-bond donors (Lipinski definition) is 0. The molecule has 0 spiro atoms. The highest BCUT2D eigenvalue weighted by Crippen LogP contribution is 2.23. The summed E-state index contributed by atoms with van der Waals surface area (Å²) >= 11 is 5.97. The average molecular weight is 417 g/mol. The lowest BCUT2D eigenvalue weighted by molar-refractivity contribution is -0.384. The van der Waals surface area contributed by atoms with E-state index < -0.39 is 31.1 Å². The highest BCUT2D eigenvalue weighted by molar-refractivity contribution is 8.00. The second-order valence-electron chi connectivity index (χ2n) is 4.97. The molecule has 0 heterocycles. The van der Waals surface area contributed by atoms with Gasteiger partial charge in [0.25, 0.3) is 15.7 Å². The van der Waals surface area contributed by atoms with E-state index in [1.807, 2.05) is 0 Å². The largest absolute Gasteiger partial charge is 0.365 e. The third-order valence-corrected chi connectivity index (χ3v) is 7.55. The molecule has 2 aromatic rings. The minimum atomic E-state index is -3.94. The summed E-state index contributed by atoms with van der Waals surface area (Å²) in [7, 11) is -5.20. The first-order valence-corrected chi connectivity index (χ1v) is 10.8. The van der Waals surface area contributed by atoms with Gasteiger partial charge in [-0.1, -0.05) is 18.2 Å². The number of ether oxygens (including phenoxy) is 1. The number of benzene rings is 2. The number of halogens is 1. The van der Waals surface area contributed by atoms with Crippen LogP contribution in [0.1, 0.15) is 6.92 Å². The quantitative estimate of drug-likeness (QED) is 0.370. The van der Waals surface area contributed by atoms with Crippen molar-refractivity contribution < 1.29 is 18.1 Å². The zero-order valence-corrected chi connectivity index (χ0v) is 16.2. The van der Waals surface area contributed by atoms with E-state index in [0.717, 1.165) is 0 Å². The number of non-ortho nitro benzene ring substituents is 1. The van der Waals surface area contributed by atoms with E-state index in [4.69, 9.17) is 16.3 Å². The van der Waals surface area contributed by atoms with Gasteiger partial charge in [0, 0.05) is 23.6 Å². The Morgan fingerprint density at radius 2 is 1.81 bits per heavy atom. The predicted molar refractivity (Wildman–Crippen MR) is 101 cm³/mol. The third kappa shape index (κ3) is 5.10. The summed E-state index contributed by atoms with van der Waals surface area (Å²) in [6.07, 6.45) is 0. The standard InChI is InChI=1S/C16H17ClN2O5S2/c1-2-24-16(12-17)25(14-10-8-13(9-11-14)19(20)21)18-26(22,23)15-6-4-3-5-7-15/h3-11,16H,2,12H2,1H3/t16-,25+/m1/s1. The van der Waals surface area contributed by atoms with Crippen molar-refractivity contribution in [3.63, 3.8) is 0 Å². The maximum atomic E-state index is 12.6. The fourth-order valence-corrected chi connectivity index (χ4v) is 6.02. The molecule has 0 fully saturated rings. The number of nitrogens with zero attached hydrogens (tertiary/aromatic N) is 2. The van der Waals surface area contributed by atoms with Crippen LogP contribution in [0.3, 0.4) is 0 Å². The van der Waals surface area contributed by atoms with Crippen LogP contribution in [0.2, 0.25) is 0 Å². The molecule has 140 valence electrons. The zero-order valence-electron chi connectivity index (χ0n) is 13.8. The van der Waals surface area contributed by atoms with Crippen molar-refractivity contribution in [2.75, 3.05) is 12.5 Å². The molecular weight excluding hydrogens is 400 g/mol. The second-order valence-corrected chi connectivity index (χ2v) is 8.92. The van der Waals surface area contributed by atoms with Crippen LogP contribution in [0.4, 0.5) is 5.69 Å². The number of alkyl halides is 1. The molecule has 0 bridgehead atoms. The van der Waals surface area contributed by atoms with Gasteiger partial charge in [-0.3, -0.25) is 10.1 Å². The fourth-order valence-electron chi connectivity index (χ4n) is 2.05. The summed E-state index contributed by atoms with van der Waals surface area (Å²) in [5.41, 5.74) is -0.761. The lowest BCUT2D eigenvalue weighted by atomic mass is 10.3. The normalized spacial score (nSPS) is 14.1. The van der Waals surface area contributed by atoms with Crippen molar-refractivity contribution in [1.29, 1.82) is 0 Å². The van der Waals surface area contributed by atoms with Crippen molar-refractivity contribution in [3.05, 3.63) is 64.7 Å². The molecule has 0 aliphatic rings. The van der Waals surface area contributed by atoms with Crippen LogP contribution in [-0.4, -0.2) is 31.3 Å². The lowest BCUT2D eigenvalue weighted by Gasteiger charge is -2.18. The maximum Gasteiger partial charge on any atom is 0.288 e. The van der Waals surface area contributed by atoms with Gasteiger partial charge in [0.05, 0.1) is 15.7 Å². The van der Waals surface area contributed by atoms with Crippen LogP contribution in [0.25, 0.3) is 0 Å². The van der Waals surface area contributed by atoms with Crippen LogP contribution in [0.5, 0.6) is 0 Å². The Labute approximate surface area is 159 Å². The predicted octanol–water partition coefficient (Wildman–Crippen LogP) is 3.75. The first kappa shape index (κ1) is 20.5. The monoisotopic (exact) mass is 416 g/mol. The van der Waals surface area contributed by atoms with Gasteiger partial charge in [-0.2, -0.15) is 8.42 Å². The molecular formula is C16H17ClN2O5S2. The van der Waals surface area contributed by atoms with Gasteiger partial charge < -0.3 is 4.74 Å². The highest BCUT2D eigenvalue weighted by Gasteiger charge is 2.22. The number of nitro benzene ring substituents is 1. The van der Waals surface area contributed by atoms with E-state index in [9.17, 15) is 18.5 Å². The Hall–Kier alpha value is -1.81. The Balaban J connectivity index is 2.55. The van der Waals surface area contributed by atoms with Crippen LogP contribution >= 0.6 is 11.6 Å². The Morgan fingerprint density at radius 1 is 1.19 bits per heavy atom. The van der Waals surface area contributed by atoms with Gasteiger partial charge in [-0.25, -0.2) is 0 Å². The van der Waals surface area contributed by atoms with E-state index in [2.05, 4.69) is 3.77 Å². The third-order valence-electron chi connectivity index (χ3n) is 3.24. The fraction of sp³-hybridized carbons (Fsp3) is 0.250. The first-order valence-electron chi connectivity index (χ1n) is 7.57. The minimum absolute atomic E-state index is 0.0295. The van der Waals surface area contributed by atoms with Crippen molar-refractivity contribution >= 4 is 38.0 Å². The topological polar surface area (TPSA) is 98.9 Å². The molecule has 0 radical (unpaired) electrons. The summed E-state index contributed by atoms with van der Waals surface area (Å²) in [4.78, 5) is 10.9. The molecule has 26 heavy (non-hydrogen) atoms. The van der Waals surface area contributed by atoms with Crippen molar-refractivity contribution in [1.82, 2.24) is 0 Å². The minimum Gasteiger partial charge on any atom is -0.365 e. The highest BCUT2D eigenvalue weighted by atomic mass is 35.5. The summed E-state index contributed by atoms with van der Waals surface area (Å²) in [5.74, 6) is 0.0295. The van der Waals surface area contributed by atoms with Crippen molar-refractivity contribution in [2.45, 2.75) is 22.2 Å². The van der Waals surface area contributed by atoms with Gasteiger partial charge in [-0.05, 0) is 41.9 Å². The molecule has 0 N–H and O–H groups in total. The van der Waals surface area contributed by atoms with E-state index in [1.54, 1.807) is 25.1 Å². The van der Waals surface area contributed by atoms with Gasteiger partial charge in [0.15, 0.2) is 0 Å². The van der Waals surface area contributed by atoms with E-state index in [0.29, 0.717) is 11.5 Å². The van der Waals surface area contributed by atoms with Crippen LogP contribution in [0, 0.1) is 10.1 Å². The van der Waals surface area contributed by atoms with Crippen LogP contribution in [-0.2, 0) is 25.5 Å². The van der Waals surface area contributed by atoms with Crippen molar-refractivity contribution in [2.24, 2.45) is 3.77 Å². The van der Waals surface area contributed by atoms with E-state index in [-0.39, 0.29) is 16.5 Å². The molecule has 0 aliphatic carbocycles. The molecule has 0 saturated carbocycles. The first-order chi connectivity index (χ1) is 12.4. The maximum absolute atomic E-state index is 12.6. The number of nitro groups is 1. The number of hydrogen-bond acceptors (Lipinski definition) is 5. The number of sulfonamides is 1. The van der Waals surface area contributed by atoms with Gasteiger partial charge in [-0.15, -0.1) is 15.4 Å². The molecule has 0 aliphatic heterocycles. The molecule has 0 unspecified atom stereocenters. The molecule has 2 atom stereocenters. The Kier molecular flexibility index (Phi) is 7.27. The second kappa shape index (κ2) is 9.22. The van der Waals surface area contributed by atoms with Gasteiger partial charge in [0.1, 0.15) is 5.44 Å². The van der Waals surface area contributed by atoms with Gasteiger partial charge in [0.2, 0.25) is 0 Å². The SMILES string of the molecule is CCO[C@@H](CCl)[S@@](=NS(=O)(=O)c1ccccc1)c1ccc([N+](=O)[O-])cc1. The lowest BCUT2D eigenvalue weighted by Crippen LogP contribution is -2.22. The Morgan fingerprint density at radius 3 is 2.31 bits per heavy atom. The van der Waals surface area contributed by atoms with Crippen molar-refractivity contribution in [3.8, 4) is 0 Å². The molecule has 7 nitrogen and oxygen atoms in total. The molecule has 10 heteroatoms.